The van der Waals surface area contributed by atoms with Gasteiger partial charge < -0.3 is 20.1 Å². The van der Waals surface area contributed by atoms with Gasteiger partial charge in [0.15, 0.2) is 0 Å². The predicted molar refractivity (Wildman–Crippen MR) is 133 cm³/mol. The molecule has 180 valence electrons. The summed E-state index contributed by atoms with van der Waals surface area (Å²) in [5, 5.41) is 7.03. The number of carbonyl (C=O) groups excluding carboxylic acids is 2. The summed E-state index contributed by atoms with van der Waals surface area (Å²) >= 11 is 0. The van der Waals surface area contributed by atoms with Crippen molar-refractivity contribution in [1.29, 1.82) is 0 Å². The minimum Gasteiger partial charge on any atom is -0.458 e. The number of fused-ring (bicyclic) bond motifs is 1. The molecule has 1 heterocycles. The van der Waals surface area contributed by atoms with Crippen LogP contribution in [0.4, 0.5) is 10.5 Å². The van der Waals surface area contributed by atoms with E-state index >= 15 is 0 Å². The lowest BCUT2D eigenvalue weighted by atomic mass is 10.1. The number of carbonyl (C=O) groups is 2. The second kappa shape index (κ2) is 12.0. The molecule has 3 aromatic rings. The molecule has 1 atom stereocenters. The van der Waals surface area contributed by atoms with Gasteiger partial charge in [-0.15, -0.1) is 0 Å². The smallest absolute Gasteiger partial charge is 0.407 e. The van der Waals surface area contributed by atoms with E-state index in [4.69, 9.17) is 9.47 Å². The molecule has 0 unspecified atom stereocenters. The van der Waals surface area contributed by atoms with Crippen LogP contribution in [-0.4, -0.2) is 35.2 Å². The van der Waals surface area contributed by atoms with Crippen LogP contribution < -0.4 is 10.6 Å². The number of esters is 1. The van der Waals surface area contributed by atoms with Crippen molar-refractivity contribution in [3.8, 4) is 0 Å². The highest BCUT2D eigenvalue weighted by Gasteiger charge is 2.25. The first kappa shape index (κ1) is 25.0. The van der Waals surface area contributed by atoms with Crippen LogP contribution in [0.2, 0.25) is 0 Å². The van der Waals surface area contributed by atoms with Crippen LogP contribution in [-0.2, 0) is 20.9 Å². The molecule has 34 heavy (non-hydrogen) atoms. The molecule has 0 aliphatic carbocycles. The second-order valence-corrected chi connectivity index (χ2v) is 9.13. The summed E-state index contributed by atoms with van der Waals surface area (Å²) in [6.45, 7) is 6.25. The van der Waals surface area contributed by atoms with E-state index in [1.54, 1.807) is 6.20 Å². The second-order valence-electron chi connectivity index (χ2n) is 9.13. The molecule has 0 spiro atoms. The molecule has 0 fully saturated rings. The molecule has 1 amide bonds. The number of ether oxygens (including phenoxy) is 2. The molecule has 2 N–H and O–H groups in total. The molecule has 7 heteroatoms. The standard InChI is InChI=1S/C27H33N3O4/c1-27(2,3)34-25(31)24(30-22-17-21-13-7-8-14-23(21)29-18-22)15-9-10-16-28-26(32)33-19-20-11-5-4-6-12-20/h4-8,11-14,17-18,24,30H,9-10,15-16,19H2,1-3H3,(H,28,32)/t24-/m0/s1. The first-order valence-electron chi connectivity index (χ1n) is 11.6. The van der Waals surface area contributed by atoms with Crippen molar-refractivity contribution in [3.63, 3.8) is 0 Å². The number of unbranched alkanes of at least 4 members (excludes halogenated alkanes) is 1. The van der Waals surface area contributed by atoms with E-state index in [-0.39, 0.29) is 12.6 Å². The number of benzene rings is 2. The highest BCUT2D eigenvalue weighted by atomic mass is 16.6. The maximum Gasteiger partial charge on any atom is 0.407 e. The van der Waals surface area contributed by atoms with Crippen molar-refractivity contribution < 1.29 is 19.1 Å². The van der Waals surface area contributed by atoms with Crippen molar-refractivity contribution in [3.05, 3.63) is 72.4 Å². The lowest BCUT2D eigenvalue weighted by molar-refractivity contribution is -0.156. The Hall–Kier alpha value is -3.61. The molecule has 7 nitrogen and oxygen atoms in total. The van der Waals surface area contributed by atoms with E-state index in [1.165, 1.54) is 0 Å². The molecule has 0 saturated heterocycles. The molecule has 0 aliphatic rings. The van der Waals surface area contributed by atoms with Crippen molar-refractivity contribution in [2.24, 2.45) is 0 Å². The summed E-state index contributed by atoms with van der Waals surface area (Å²) in [6, 6.07) is 18.8. The Kier molecular flexibility index (Phi) is 8.85. The van der Waals surface area contributed by atoms with E-state index in [0.717, 1.165) is 28.6 Å². The third-order valence-electron chi connectivity index (χ3n) is 5.02. The molecule has 1 aromatic heterocycles. The van der Waals surface area contributed by atoms with E-state index in [0.29, 0.717) is 19.4 Å². The highest BCUT2D eigenvalue weighted by molar-refractivity contribution is 5.84. The van der Waals surface area contributed by atoms with E-state index in [1.807, 2.05) is 81.4 Å². The molecule has 3 rings (SSSR count). The number of rotatable bonds is 10. The van der Waals surface area contributed by atoms with Crippen molar-refractivity contribution in [2.75, 3.05) is 11.9 Å². The molecule has 0 radical (unpaired) electrons. The number of hydrogen-bond donors (Lipinski definition) is 2. The fourth-order valence-electron chi connectivity index (χ4n) is 3.41. The third kappa shape index (κ3) is 8.39. The number of nitrogens with one attached hydrogen (secondary N) is 2. The van der Waals surface area contributed by atoms with Gasteiger partial charge in [0.1, 0.15) is 18.2 Å². The maximum atomic E-state index is 12.8. The van der Waals surface area contributed by atoms with Crippen LogP contribution in [0.3, 0.4) is 0 Å². The Labute approximate surface area is 200 Å². The average molecular weight is 464 g/mol. The van der Waals surface area contributed by atoms with E-state index < -0.39 is 17.7 Å². The van der Waals surface area contributed by atoms with Gasteiger partial charge in [-0.3, -0.25) is 4.98 Å². The van der Waals surface area contributed by atoms with Crippen molar-refractivity contribution in [2.45, 2.75) is 58.3 Å². The molecule has 2 aromatic carbocycles. The van der Waals surface area contributed by atoms with Gasteiger partial charge in [-0.25, -0.2) is 9.59 Å². The van der Waals surface area contributed by atoms with Gasteiger partial charge in [0.25, 0.3) is 0 Å². The van der Waals surface area contributed by atoms with Crippen LogP contribution in [0.5, 0.6) is 0 Å². The number of para-hydroxylation sites is 1. The third-order valence-corrected chi connectivity index (χ3v) is 5.02. The number of pyridine rings is 1. The zero-order chi connectivity index (χ0) is 24.4. The van der Waals surface area contributed by atoms with Gasteiger partial charge in [0, 0.05) is 11.9 Å². The zero-order valence-electron chi connectivity index (χ0n) is 20.0. The quantitative estimate of drug-likeness (QED) is 0.307. The first-order valence-corrected chi connectivity index (χ1v) is 11.6. The van der Waals surface area contributed by atoms with Gasteiger partial charge in [0.2, 0.25) is 0 Å². The Morgan fingerprint density at radius 3 is 2.50 bits per heavy atom. The number of hydrogen-bond acceptors (Lipinski definition) is 6. The van der Waals surface area contributed by atoms with Gasteiger partial charge in [-0.05, 0) is 57.7 Å². The topological polar surface area (TPSA) is 89.5 Å². The van der Waals surface area contributed by atoms with Crippen LogP contribution in [0.15, 0.2) is 66.9 Å². The fourth-order valence-corrected chi connectivity index (χ4v) is 3.41. The summed E-state index contributed by atoms with van der Waals surface area (Å²) in [5.74, 6) is -0.309. The molecular formula is C27H33N3O4. The molecule has 0 saturated carbocycles. The monoisotopic (exact) mass is 463 g/mol. The minimum absolute atomic E-state index is 0.233. The van der Waals surface area contributed by atoms with E-state index in [2.05, 4.69) is 15.6 Å². The number of aromatic nitrogens is 1. The first-order chi connectivity index (χ1) is 16.3. The van der Waals surface area contributed by atoms with Crippen LogP contribution in [0.1, 0.15) is 45.6 Å². The molecule has 0 bridgehead atoms. The summed E-state index contributed by atoms with van der Waals surface area (Å²) in [5.41, 5.74) is 2.01. The predicted octanol–water partition coefficient (Wildman–Crippen LogP) is 5.45. The van der Waals surface area contributed by atoms with Crippen LogP contribution >= 0.6 is 0 Å². The van der Waals surface area contributed by atoms with Crippen LogP contribution in [0.25, 0.3) is 10.9 Å². The molecule has 0 aliphatic heterocycles. The molecular weight excluding hydrogens is 430 g/mol. The largest absolute Gasteiger partial charge is 0.458 e. The number of anilines is 1. The fraction of sp³-hybridized carbons (Fsp3) is 0.370. The lowest BCUT2D eigenvalue weighted by Crippen LogP contribution is -2.36. The zero-order valence-corrected chi connectivity index (χ0v) is 20.0. The number of alkyl carbamates (subject to hydrolysis) is 1. The Bertz CT molecular complexity index is 1080. The van der Waals surface area contributed by atoms with Gasteiger partial charge in [0.05, 0.1) is 17.4 Å². The minimum atomic E-state index is -0.581. The summed E-state index contributed by atoms with van der Waals surface area (Å²) in [6.07, 6.45) is 3.26. The van der Waals surface area contributed by atoms with Gasteiger partial charge in [-0.1, -0.05) is 48.5 Å². The summed E-state index contributed by atoms with van der Waals surface area (Å²) in [4.78, 5) is 29.2. The lowest BCUT2D eigenvalue weighted by Gasteiger charge is -2.25. The number of amides is 1. The summed E-state index contributed by atoms with van der Waals surface area (Å²) in [7, 11) is 0. The van der Waals surface area contributed by atoms with Gasteiger partial charge >= 0.3 is 12.1 Å². The van der Waals surface area contributed by atoms with E-state index in [9.17, 15) is 9.59 Å². The van der Waals surface area contributed by atoms with Gasteiger partial charge in [-0.2, -0.15) is 0 Å². The van der Waals surface area contributed by atoms with Crippen LogP contribution in [0, 0.1) is 0 Å². The maximum absolute atomic E-state index is 12.8. The average Bonchev–Trinajstić information content (AvgIpc) is 2.81. The van der Waals surface area contributed by atoms with Crippen molar-refractivity contribution in [1.82, 2.24) is 10.3 Å². The van der Waals surface area contributed by atoms with Crippen molar-refractivity contribution >= 4 is 28.7 Å². The Morgan fingerprint density at radius 2 is 1.74 bits per heavy atom. The Morgan fingerprint density at radius 1 is 1.00 bits per heavy atom. The summed E-state index contributed by atoms with van der Waals surface area (Å²) < 4.78 is 10.8. The normalized spacial score (nSPS) is 12.1. The highest BCUT2D eigenvalue weighted by Crippen LogP contribution is 2.19. The number of nitrogens with zero attached hydrogens (tertiary/aromatic N) is 1. The SMILES string of the molecule is CC(C)(C)OC(=O)[C@H](CCCCNC(=O)OCc1ccccc1)Nc1cnc2ccccc2c1. The Balaban J connectivity index is 1.49.